The number of hydrogen-bond acceptors (Lipinski definition) is 4. The highest BCUT2D eigenvalue weighted by Gasteiger charge is 2.30. The first kappa shape index (κ1) is 24.2. The maximum Gasteiger partial charge on any atom is 0.194 e. The van der Waals surface area contributed by atoms with E-state index < -0.39 is 5.60 Å². The van der Waals surface area contributed by atoms with Crippen molar-refractivity contribution in [2.75, 3.05) is 39.4 Å². The fourth-order valence-corrected chi connectivity index (χ4v) is 4.43. The fraction of sp³-hybridized carbons (Fsp3) is 0.952. The first-order chi connectivity index (χ1) is 13.2. The summed E-state index contributed by atoms with van der Waals surface area (Å²) in [5.41, 5.74) is -0.597. The predicted molar refractivity (Wildman–Crippen MR) is 124 cm³/mol. The number of aliphatic hydroxyl groups is 1. The van der Waals surface area contributed by atoms with Crippen LogP contribution in [0.2, 0.25) is 0 Å². The van der Waals surface area contributed by atoms with Gasteiger partial charge in [0, 0.05) is 26.2 Å². The van der Waals surface area contributed by atoms with Gasteiger partial charge >= 0.3 is 0 Å². The van der Waals surface area contributed by atoms with Gasteiger partial charge in [-0.3, -0.25) is 4.99 Å². The van der Waals surface area contributed by atoms with E-state index in [9.17, 15) is 5.11 Å². The molecule has 6 nitrogen and oxygen atoms in total. The zero-order valence-electron chi connectivity index (χ0n) is 17.5. The van der Waals surface area contributed by atoms with Gasteiger partial charge in [-0.25, -0.2) is 0 Å². The lowest BCUT2D eigenvalue weighted by atomic mass is 9.85. The van der Waals surface area contributed by atoms with Crippen molar-refractivity contribution in [2.24, 2.45) is 4.99 Å². The molecular weight excluding hydrogens is 469 g/mol. The summed E-state index contributed by atoms with van der Waals surface area (Å²) >= 11 is 0. The zero-order chi connectivity index (χ0) is 19.0. The van der Waals surface area contributed by atoms with E-state index in [2.05, 4.69) is 17.1 Å². The number of hydrogen-bond donors (Lipinski definition) is 2. The second kappa shape index (κ2) is 12.5. The Morgan fingerprint density at radius 2 is 1.89 bits per heavy atom. The number of nitrogens with one attached hydrogen (secondary N) is 1. The number of guanidine groups is 1. The molecule has 0 amide bonds. The van der Waals surface area contributed by atoms with Crippen LogP contribution in [0.25, 0.3) is 0 Å². The van der Waals surface area contributed by atoms with Gasteiger partial charge in [-0.15, -0.1) is 24.0 Å². The van der Waals surface area contributed by atoms with Gasteiger partial charge in [-0.1, -0.05) is 19.3 Å². The number of nitrogens with zero attached hydrogens (tertiary/aromatic N) is 2. The average molecular weight is 509 g/mol. The van der Waals surface area contributed by atoms with E-state index in [0.717, 1.165) is 83.8 Å². The minimum absolute atomic E-state index is 0. The Hall–Kier alpha value is -0.120. The highest BCUT2D eigenvalue weighted by molar-refractivity contribution is 14.0. The number of rotatable bonds is 6. The van der Waals surface area contributed by atoms with E-state index >= 15 is 0 Å². The van der Waals surface area contributed by atoms with Crippen molar-refractivity contribution in [3.63, 3.8) is 0 Å². The molecule has 3 aliphatic rings. The molecule has 2 heterocycles. The molecule has 1 unspecified atom stereocenters. The van der Waals surface area contributed by atoms with Crippen molar-refractivity contribution in [3.8, 4) is 0 Å². The van der Waals surface area contributed by atoms with Crippen molar-refractivity contribution in [1.82, 2.24) is 10.2 Å². The van der Waals surface area contributed by atoms with Crippen molar-refractivity contribution in [3.05, 3.63) is 0 Å². The molecule has 7 heteroatoms. The quantitative estimate of drug-likeness (QED) is 0.327. The number of halogens is 1. The maximum absolute atomic E-state index is 10.7. The summed E-state index contributed by atoms with van der Waals surface area (Å²) in [6, 6.07) is 0. The topological polar surface area (TPSA) is 66.3 Å². The van der Waals surface area contributed by atoms with Gasteiger partial charge in [-0.2, -0.15) is 0 Å². The molecule has 1 saturated carbocycles. The molecule has 0 aromatic carbocycles. The van der Waals surface area contributed by atoms with Crippen molar-refractivity contribution < 1.29 is 14.6 Å². The lowest BCUT2D eigenvalue weighted by Gasteiger charge is -2.36. The molecule has 2 N–H and O–H groups in total. The largest absolute Gasteiger partial charge is 0.388 e. The van der Waals surface area contributed by atoms with Gasteiger partial charge in [0.05, 0.1) is 31.0 Å². The van der Waals surface area contributed by atoms with Crippen LogP contribution in [-0.4, -0.2) is 73.2 Å². The van der Waals surface area contributed by atoms with Crippen LogP contribution in [-0.2, 0) is 9.47 Å². The Labute approximate surface area is 187 Å². The Morgan fingerprint density at radius 1 is 1.14 bits per heavy atom. The lowest BCUT2D eigenvalue weighted by molar-refractivity contribution is -0.0721. The average Bonchev–Trinajstić information content (AvgIpc) is 2.71. The highest BCUT2D eigenvalue weighted by atomic mass is 127. The summed E-state index contributed by atoms with van der Waals surface area (Å²) in [7, 11) is 0. The minimum Gasteiger partial charge on any atom is -0.388 e. The van der Waals surface area contributed by atoms with Gasteiger partial charge in [0.1, 0.15) is 0 Å². The first-order valence-electron chi connectivity index (χ1n) is 11.2. The van der Waals surface area contributed by atoms with Gasteiger partial charge in [0.25, 0.3) is 0 Å². The third kappa shape index (κ3) is 7.61. The SMILES string of the molecule is CCNC(=NCC1(O)CCCCC1)N1CCC(OCC2CCCCO2)CC1.I. The van der Waals surface area contributed by atoms with E-state index in [-0.39, 0.29) is 24.0 Å². The molecule has 0 radical (unpaired) electrons. The van der Waals surface area contributed by atoms with Crippen molar-refractivity contribution in [2.45, 2.75) is 88.9 Å². The van der Waals surface area contributed by atoms with E-state index in [1.165, 1.54) is 19.3 Å². The molecule has 0 spiro atoms. The van der Waals surface area contributed by atoms with E-state index in [1.54, 1.807) is 0 Å². The Morgan fingerprint density at radius 3 is 2.54 bits per heavy atom. The predicted octanol–water partition coefficient (Wildman–Crippen LogP) is 3.32. The Kier molecular flexibility index (Phi) is 10.8. The molecule has 1 aliphatic carbocycles. The molecule has 0 aromatic heterocycles. The van der Waals surface area contributed by atoms with Gasteiger partial charge < -0.3 is 24.8 Å². The third-order valence-electron chi connectivity index (χ3n) is 6.18. The highest BCUT2D eigenvalue weighted by Crippen LogP contribution is 2.28. The molecule has 1 atom stereocenters. The maximum atomic E-state index is 10.7. The first-order valence-corrected chi connectivity index (χ1v) is 11.2. The molecule has 3 rings (SSSR count). The standard InChI is InChI=1S/C21H39N3O3.HI/c1-2-22-20(23-17-21(25)11-5-3-6-12-21)24-13-9-18(10-14-24)27-16-19-8-4-7-15-26-19;/h18-19,25H,2-17H2,1H3,(H,22,23);1H. The van der Waals surface area contributed by atoms with Gasteiger partial charge in [-0.05, 0) is 51.9 Å². The summed E-state index contributed by atoms with van der Waals surface area (Å²) in [4.78, 5) is 7.12. The number of likely N-dealkylation sites (tertiary alicyclic amines) is 1. The van der Waals surface area contributed by atoms with Crippen LogP contribution in [0, 0.1) is 0 Å². The number of aliphatic imine (C=N–C) groups is 1. The second-order valence-electron chi connectivity index (χ2n) is 8.46. The van der Waals surface area contributed by atoms with Crippen LogP contribution >= 0.6 is 24.0 Å². The van der Waals surface area contributed by atoms with E-state index in [1.807, 2.05) is 0 Å². The Bertz CT molecular complexity index is 458. The summed E-state index contributed by atoms with van der Waals surface area (Å²) in [5.74, 6) is 0.950. The summed E-state index contributed by atoms with van der Waals surface area (Å²) < 4.78 is 11.9. The monoisotopic (exact) mass is 509 g/mol. The van der Waals surface area contributed by atoms with Crippen molar-refractivity contribution in [1.29, 1.82) is 0 Å². The third-order valence-corrected chi connectivity index (χ3v) is 6.18. The van der Waals surface area contributed by atoms with Crippen LogP contribution < -0.4 is 5.32 Å². The molecule has 3 fully saturated rings. The minimum atomic E-state index is -0.597. The van der Waals surface area contributed by atoms with E-state index in [4.69, 9.17) is 14.5 Å². The Balaban J connectivity index is 0.00000280. The van der Waals surface area contributed by atoms with Crippen LogP contribution in [0.4, 0.5) is 0 Å². The molecule has 0 bridgehead atoms. The molecule has 164 valence electrons. The second-order valence-corrected chi connectivity index (χ2v) is 8.46. The fourth-order valence-electron chi connectivity index (χ4n) is 4.43. The van der Waals surface area contributed by atoms with Gasteiger partial charge in [0.2, 0.25) is 0 Å². The van der Waals surface area contributed by atoms with Crippen molar-refractivity contribution >= 4 is 29.9 Å². The van der Waals surface area contributed by atoms with Crippen LogP contribution in [0.3, 0.4) is 0 Å². The smallest absolute Gasteiger partial charge is 0.194 e. The summed E-state index contributed by atoms with van der Waals surface area (Å²) in [5, 5.41) is 14.1. The van der Waals surface area contributed by atoms with Gasteiger partial charge in [0.15, 0.2) is 5.96 Å². The van der Waals surface area contributed by atoms with E-state index in [0.29, 0.717) is 18.8 Å². The normalized spacial score (nSPS) is 26.6. The zero-order valence-corrected chi connectivity index (χ0v) is 19.9. The van der Waals surface area contributed by atoms with Crippen LogP contribution in [0.5, 0.6) is 0 Å². The molecule has 2 aliphatic heterocycles. The van der Waals surface area contributed by atoms with Crippen LogP contribution in [0.1, 0.15) is 71.1 Å². The molecule has 0 aromatic rings. The number of ether oxygens (including phenoxy) is 2. The number of piperidine rings is 1. The molecule has 2 saturated heterocycles. The molecular formula is C21H40IN3O3. The lowest BCUT2D eigenvalue weighted by Crippen LogP contribution is -2.48. The summed E-state index contributed by atoms with van der Waals surface area (Å²) in [6.07, 6.45) is 11.5. The molecule has 28 heavy (non-hydrogen) atoms. The summed E-state index contributed by atoms with van der Waals surface area (Å²) in [6.45, 7) is 7.02. The van der Waals surface area contributed by atoms with Crippen LogP contribution in [0.15, 0.2) is 4.99 Å².